The minimum Gasteiger partial charge on any atom is -0.508 e. The van der Waals surface area contributed by atoms with E-state index in [1.54, 1.807) is 30.0 Å². The molecular formula is C17H18N2O2. The molecule has 0 aliphatic carbocycles. The molecule has 4 heteroatoms. The minimum atomic E-state index is -0.0749. The molecule has 0 spiro atoms. The lowest BCUT2D eigenvalue weighted by Crippen LogP contribution is -2.35. The van der Waals surface area contributed by atoms with Gasteiger partial charge in [-0.1, -0.05) is 6.07 Å². The summed E-state index contributed by atoms with van der Waals surface area (Å²) in [6.07, 6.45) is 1.85. The standard InChI is InChI=1S/C17H18N2O2/c1-11-14(5-2-6-16(11)20)17(21)19-9-3-4-12-10-13(18)7-8-15(12)19/h2,5-8,10,20H,3-4,9,18H2,1H3. The molecule has 3 N–H and O–H groups in total. The number of hydrogen-bond donors (Lipinski definition) is 2. The molecular weight excluding hydrogens is 264 g/mol. The average Bonchev–Trinajstić information content (AvgIpc) is 2.48. The van der Waals surface area contributed by atoms with Crippen LogP contribution in [0.5, 0.6) is 5.75 Å². The van der Waals surface area contributed by atoms with E-state index in [0.717, 1.165) is 29.8 Å². The number of nitrogen functional groups attached to an aromatic ring is 1. The van der Waals surface area contributed by atoms with E-state index >= 15 is 0 Å². The van der Waals surface area contributed by atoms with Gasteiger partial charge in [-0.25, -0.2) is 0 Å². The van der Waals surface area contributed by atoms with Crippen LogP contribution in [0.4, 0.5) is 11.4 Å². The molecule has 2 aromatic rings. The van der Waals surface area contributed by atoms with Crippen LogP contribution in [0, 0.1) is 6.92 Å². The highest BCUT2D eigenvalue weighted by Gasteiger charge is 2.25. The van der Waals surface area contributed by atoms with E-state index in [-0.39, 0.29) is 11.7 Å². The Bertz CT molecular complexity index is 710. The maximum absolute atomic E-state index is 12.8. The molecule has 0 saturated heterocycles. The fraction of sp³-hybridized carbons (Fsp3) is 0.235. The van der Waals surface area contributed by atoms with Gasteiger partial charge in [-0.05, 0) is 55.7 Å². The van der Waals surface area contributed by atoms with Gasteiger partial charge >= 0.3 is 0 Å². The van der Waals surface area contributed by atoms with Gasteiger partial charge in [0.15, 0.2) is 0 Å². The Morgan fingerprint density at radius 3 is 2.90 bits per heavy atom. The molecule has 0 radical (unpaired) electrons. The number of amides is 1. The largest absolute Gasteiger partial charge is 0.508 e. The summed E-state index contributed by atoms with van der Waals surface area (Å²) in [6, 6.07) is 10.7. The highest BCUT2D eigenvalue weighted by atomic mass is 16.3. The normalized spacial score (nSPS) is 13.9. The zero-order valence-electron chi connectivity index (χ0n) is 12.0. The first kappa shape index (κ1) is 13.5. The van der Waals surface area contributed by atoms with Crippen molar-refractivity contribution in [2.24, 2.45) is 0 Å². The van der Waals surface area contributed by atoms with Crippen LogP contribution in [-0.4, -0.2) is 17.6 Å². The molecule has 0 aromatic heterocycles. The first-order valence-corrected chi connectivity index (χ1v) is 7.07. The molecule has 1 heterocycles. The van der Waals surface area contributed by atoms with E-state index < -0.39 is 0 Å². The maximum Gasteiger partial charge on any atom is 0.258 e. The molecule has 1 aliphatic heterocycles. The van der Waals surface area contributed by atoms with Gasteiger partial charge in [0, 0.05) is 29.0 Å². The number of hydrogen-bond acceptors (Lipinski definition) is 3. The summed E-state index contributed by atoms with van der Waals surface area (Å²) in [4.78, 5) is 14.6. The molecule has 0 atom stereocenters. The van der Waals surface area contributed by atoms with Crippen LogP contribution in [0.1, 0.15) is 27.9 Å². The van der Waals surface area contributed by atoms with Gasteiger partial charge in [-0.2, -0.15) is 0 Å². The monoisotopic (exact) mass is 282 g/mol. The first-order valence-electron chi connectivity index (χ1n) is 7.07. The van der Waals surface area contributed by atoms with Crippen LogP contribution in [0.2, 0.25) is 0 Å². The Morgan fingerprint density at radius 2 is 2.10 bits per heavy atom. The Labute approximate surface area is 123 Å². The van der Waals surface area contributed by atoms with Gasteiger partial charge < -0.3 is 15.7 Å². The van der Waals surface area contributed by atoms with E-state index in [1.165, 1.54) is 0 Å². The fourth-order valence-corrected chi connectivity index (χ4v) is 2.83. The summed E-state index contributed by atoms with van der Waals surface area (Å²) < 4.78 is 0. The third kappa shape index (κ3) is 2.33. The van der Waals surface area contributed by atoms with Gasteiger partial charge in [0.2, 0.25) is 0 Å². The Balaban J connectivity index is 2.02. The van der Waals surface area contributed by atoms with Gasteiger partial charge in [0.25, 0.3) is 5.91 Å². The number of nitrogens with zero attached hydrogens (tertiary/aromatic N) is 1. The number of aryl methyl sites for hydroxylation is 1. The zero-order valence-corrected chi connectivity index (χ0v) is 12.0. The van der Waals surface area contributed by atoms with Crippen molar-refractivity contribution in [2.45, 2.75) is 19.8 Å². The van der Waals surface area contributed by atoms with Crippen molar-refractivity contribution in [3.63, 3.8) is 0 Å². The summed E-state index contributed by atoms with van der Waals surface area (Å²) in [5.74, 6) is 0.0736. The highest BCUT2D eigenvalue weighted by Crippen LogP contribution is 2.31. The minimum absolute atomic E-state index is 0.0749. The molecule has 3 rings (SSSR count). The number of phenolic OH excluding ortho intramolecular Hbond substituents is 1. The van der Waals surface area contributed by atoms with Crippen LogP contribution < -0.4 is 10.6 Å². The van der Waals surface area contributed by atoms with E-state index in [1.807, 2.05) is 18.2 Å². The predicted molar refractivity (Wildman–Crippen MR) is 83.7 cm³/mol. The number of rotatable bonds is 1. The Kier molecular flexibility index (Phi) is 3.29. The number of carbonyl (C=O) groups is 1. The van der Waals surface area contributed by atoms with Crippen molar-refractivity contribution >= 4 is 17.3 Å². The molecule has 0 unspecified atom stereocenters. The van der Waals surface area contributed by atoms with E-state index in [9.17, 15) is 9.90 Å². The average molecular weight is 282 g/mol. The molecule has 21 heavy (non-hydrogen) atoms. The van der Waals surface area contributed by atoms with Crippen LogP contribution in [-0.2, 0) is 6.42 Å². The third-order valence-electron chi connectivity index (χ3n) is 4.00. The molecule has 2 aromatic carbocycles. The van der Waals surface area contributed by atoms with E-state index in [4.69, 9.17) is 5.73 Å². The third-order valence-corrected chi connectivity index (χ3v) is 4.00. The molecule has 1 aliphatic rings. The Morgan fingerprint density at radius 1 is 1.29 bits per heavy atom. The maximum atomic E-state index is 12.8. The molecule has 0 saturated carbocycles. The molecule has 0 bridgehead atoms. The van der Waals surface area contributed by atoms with Gasteiger partial charge in [0.05, 0.1) is 0 Å². The smallest absolute Gasteiger partial charge is 0.258 e. The van der Waals surface area contributed by atoms with E-state index in [0.29, 0.717) is 17.7 Å². The number of benzene rings is 2. The number of nitrogens with two attached hydrogens (primary N) is 1. The van der Waals surface area contributed by atoms with Crippen LogP contribution in [0.25, 0.3) is 0 Å². The quantitative estimate of drug-likeness (QED) is 0.790. The van der Waals surface area contributed by atoms with Crippen molar-refractivity contribution in [3.05, 3.63) is 53.1 Å². The molecule has 108 valence electrons. The SMILES string of the molecule is Cc1c(O)cccc1C(=O)N1CCCc2cc(N)ccc21. The number of phenols is 1. The second-order valence-electron chi connectivity index (χ2n) is 5.40. The fourth-order valence-electron chi connectivity index (χ4n) is 2.83. The van der Waals surface area contributed by atoms with Crippen LogP contribution >= 0.6 is 0 Å². The molecule has 1 amide bonds. The summed E-state index contributed by atoms with van der Waals surface area (Å²) in [7, 11) is 0. The summed E-state index contributed by atoms with van der Waals surface area (Å²) >= 11 is 0. The van der Waals surface area contributed by atoms with Crippen LogP contribution in [0.15, 0.2) is 36.4 Å². The number of carbonyl (C=O) groups excluding carboxylic acids is 1. The Hall–Kier alpha value is -2.49. The van der Waals surface area contributed by atoms with Crippen molar-refractivity contribution in [1.82, 2.24) is 0 Å². The van der Waals surface area contributed by atoms with Gasteiger partial charge in [-0.15, -0.1) is 0 Å². The van der Waals surface area contributed by atoms with Crippen molar-refractivity contribution in [2.75, 3.05) is 17.2 Å². The lowest BCUT2D eigenvalue weighted by molar-refractivity contribution is 0.0984. The predicted octanol–water partition coefficient (Wildman–Crippen LogP) is 2.88. The lowest BCUT2D eigenvalue weighted by Gasteiger charge is -2.30. The topological polar surface area (TPSA) is 66.6 Å². The van der Waals surface area contributed by atoms with Crippen LogP contribution in [0.3, 0.4) is 0 Å². The van der Waals surface area contributed by atoms with E-state index in [2.05, 4.69) is 0 Å². The number of aromatic hydroxyl groups is 1. The second kappa shape index (κ2) is 5.13. The first-order chi connectivity index (χ1) is 10.1. The number of anilines is 2. The molecule has 0 fully saturated rings. The zero-order chi connectivity index (χ0) is 15.0. The van der Waals surface area contributed by atoms with Crippen molar-refractivity contribution in [1.29, 1.82) is 0 Å². The lowest BCUT2D eigenvalue weighted by atomic mass is 9.99. The second-order valence-corrected chi connectivity index (χ2v) is 5.40. The summed E-state index contributed by atoms with van der Waals surface area (Å²) in [6.45, 7) is 2.45. The summed E-state index contributed by atoms with van der Waals surface area (Å²) in [5.41, 5.74) is 9.72. The van der Waals surface area contributed by atoms with Crippen molar-refractivity contribution in [3.8, 4) is 5.75 Å². The van der Waals surface area contributed by atoms with Gasteiger partial charge in [0.1, 0.15) is 5.75 Å². The van der Waals surface area contributed by atoms with Crippen molar-refractivity contribution < 1.29 is 9.90 Å². The number of fused-ring (bicyclic) bond motifs is 1. The van der Waals surface area contributed by atoms with Gasteiger partial charge in [-0.3, -0.25) is 4.79 Å². The summed E-state index contributed by atoms with van der Waals surface area (Å²) in [5, 5.41) is 9.79. The molecule has 4 nitrogen and oxygen atoms in total. The highest BCUT2D eigenvalue weighted by molar-refractivity contribution is 6.08.